The Morgan fingerprint density at radius 2 is 2.20 bits per heavy atom. The molecule has 0 radical (unpaired) electrons. The van der Waals surface area contributed by atoms with Gasteiger partial charge >= 0.3 is 0 Å². The topological polar surface area (TPSA) is 77.2 Å². The molecular formula is C15H17N3O2. The van der Waals surface area contributed by atoms with Crippen molar-refractivity contribution < 1.29 is 9.53 Å². The van der Waals surface area contributed by atoms with Crippen LogP contribution in [0.1, 0.15) is 12.0 Å². The van der Waals surface area contributed by atoms with Gasteiger partial charge < -0.3 is 15.8 Å². The number of hydrogen-bond donors (Lipinski definition) is 2. The van der Waals surface area contributed by atoms with Crippen LogP contribution in [0.5, 0.6) is 5.75 Å². The van der Waals surface area contributed by atoms with Gasteiger partial charge in [-0.15, -0.1) is 0 Å². The Bertz CT molecular complexity index is 558. The number of nitrogens with one attached hydrogen (secondary N) is 1. The van der Waals surface area contributed by atoms with Crippen molar-refractivity contribution in [3.05, 3.63) is 54.4 Å². The van der Waals surface area contributed by atoms with Crippen molar-refractivity contribution in [2.24, 2.45) is 5.73 Å². The predicted molar refractivity (Wildman–Crippen MR) is 77.3 cm³/mol. The van der Waals surface area contributed by atoms with Crippen molar-refractivity contribution in [1.82, 2.24) is 4.98 Å². The fraction of sp³-hybridized carbons (Fsp3) is 0.200. The largest absolute Gasteiger partial charge is 0.491 e. The van der Waals surface area contributed by atoms with Crippen LogP contribution in [0, 0.1) is 0 Å². The van der Waals surface area contributed by atoms with E-state index in [1.807, 2.05) is 24.3 Å². The first-order valence-electron chi connectivity index (χ1n) is 6.39. The number of anilines is 1. The molecule has 0 saturated carbocycles. The molecule has 0 unspecified atom stereocenters. The molecule has 1 aromatic heterocycles. The molecule has 2 rings (SSSR count). The zero-order valence-electron chi connectivity index (χ0n) is 11.1. The summed E-state index contributed by atoms with van der Waals surface area (Å²) in [4.78, 5) is 15.7. The highest BCUT2D eigenvalue weighted by atomic mass is 16.5. The lowest BCUT2D eigenvalue weighted by Crippen LogP contribution is -2.15. The molecule has 0 spiro atoms. The molecule has 1 heterocycles. The van der Waals surface area contributed by atoms with Crippen LogP contribution in [0.15, 0.2) is 48.8 Å². The van der Waals surface area contributed by atoms with E-state index in [9.17, 15) is 4.79 Å². The molecule has 0 fully saturated rings. The van der Waals surface area contributed by atoms with Crippen LogP contribution in [-0.2, 0) is 11.3 Å². The molecule has 5 nitrogen and oxygen atoms in total. The Morgan fingerprint density at radius 1 is 1.30 bits per heavy atom. The standard InChI is InChI=1S/C15H17N3O2/c16-10-12-3-1-4-13(9-12)18-15(19)6-8-20-14-5-2-7-17-11-14/h1-5,7,9,11H,6,8,10,16H2,(H,18,19). The van der Waals surface area contributed by atoms with Gasteiger partial charge in [-0.1, -0.05) is 12.1 Å². The maximum Gasteiger partial charge on any atom is 0.227 e. The number of ether oxygens (including phenoxy) is 1. The van der Waals surface area contributed by atoms with E-state index in [2.05, 4.69) is 10.3 Å². The second-order valence-corrected chi connectivity index (χ2v) is 4.24. The zero-order valence-corrected chi connectivity index (χ0v) is 11.1. The van der Waals surface area contributed by atoms with E-state index in [0.29, 0.717) is 18.9 Å². The summed E-state index contributed by atoms with van der Waals surface area (Å²) in [5, 5.41) is 2.81. The monoisotopic (exact) mass is 271 g/mol. The van der Waals surface area contributed by atoms with Gasteiger partial charge in [0, 0.05) is 18.4 Å². The second kappa shape index (κ2) is 7.25. The van der Waals surface area contributed by atoms with Gasteiger partial charge in [-0.3, -0.25) is 9.78 Å². The number of carbonyl (C=O) groups excluding carboxylic acids is 1. The van der Waals surface area contributed by atoms with Crippen LogP contribution in [0.2, 0.25) is 0 Å². The number of amides is 1. The van der Waals surface area contributed by atoms with Crippen molar-refractivity contribution in [2.75, 3.05) is 11.9 Å². The number of hydrogen-bond acceptors (Lipinski definition) is 4. The van der Waals surface area contributed by atoms with E-state index in [1.54, 1.807) is 24.5 Å². The van der Waals surface area contributed by atoms with Crippen LogP contribution in [0.3, 0.4) is 0 Å². The maximum atomic E-state index is 11.8. The quantitative estimate of drug-likeness (QED) is 0.841. The Labute approximate surface area is 117 Å². The van der Waals surface area contributed by atoms with Crippen LogP contribution >= 0.6 is 0 Å². The van der Waals surface area contributed by atoms with Crippen LogP contribution in [-0.4, -0.2) is 17.5 Å². The van der Waals surface area contributed by atoms with Gasteiger partial charge in [0.05, 0.1) is 19.2 Å². The molecule has 2 aromatic rings. The lowest BCUT2D eigenvalue weighted by Gasteiger charge is -2.08. The van der Waals surface area contributed by atoms with Gasteiger partial charge in [0.25, 0.3) is 0 Å². The summed E-state index contributed by atoms with van der Waals surface area (Å²) >= 11 is 0. The highest BCUT2D eigenvalue weighted by Gasteiger charge is 2.03. The summed E-state index contributed by atoms with van der Waals surface area (Å²) in [5.41, 5.74) is 7.29. The zero-order chi connectivity index (χ0) is 14.2. The Morgan fingerprint density at radius 3 is 2.95 bits per heavy atom. The van der Waals surface area contributed by atoms with Crippen molar-refractivity contribution in [2.45, 2.75) is 13.0 Å². The number of aromatic nitrogens is 1. The molecule has 0 atom stereocenters. The van der Waals surface area contributed by atoms with E-state index in [-0.39, 0.29) is 12.3 Å². The smallest absolute Gasteiger partial charge is 0.227 e. The van der Waals surface area contributed by atoms with Gasteiger partial charge in [-0.25, -0.2) is 0 Å². The highest BCUT2D eigenvalue weighted by molar-refractivity contribution is 5.90. The van der Waals surface area contributed by atoms with Gasteiger partial charge in [0.15, 0.2) is 0 Å². The number of benzene rings is 1. The molecular weight excluding hydrogens is 254 g/mol. The summed E-state index contributed by atoms with van der Waals surface area (Å²) in [7, 11) is 0. The van der Waals surface area contributed by atoms with Crippen LogP contribution < -0.4 is 15.8 Å². The summed E-state index contributed by atoms with van der Waals surface area (Å²) < 4.78 is 5.42. The fourth-order valence-corrected chi connectivity index (χ4v) is 1.69. The molecule has 20 heavy (non-hydrogen) atoms. The molecule has 1 amide bonds. The maximum absolute atomic E-state index is 11.8. The minimum Gasteiger partial charge on any atom is -0.491 e. The van der Waals surface area contributed by atoms with E-state index in [0.717, 1.165) is 11.3 Å². The van der Waals surface area contributed by atoms with Crippen LogP contribution in [0.25, 0.3) is 0 Å². The Balaban J connectivity index is 1.77. The van der Waals surface area contributed by atoms with Crippen molar-refractivity contribution in [3.8, 4) is 5.75 Å². The molecule has 0 aliphatic carbocycles. The SMILES string of the molecule is NCc1cccc(NC(=O)CCOc2cccnc2)c1. The van der Waals surface area contributed by atoms with Gasteiger partial charge in [0.2, 0.25) is 5.91 Å². The molecule has 5 heteroatoms. The Kier molecular flexibility index (Phi) is 5.08. The number of nitrogens with two attached hydrogens (primary N) is 1. The number of rotatable bonds is 6. The summed E-state index contributed by atoms with van der Waals surface area (Å²) in [5.74, 6) is 0.563. The van der Waals surface area contributed by atoms with Gasteiger partial charge in [-0.2, -0.15) is 0 Å². The third kappa shape index (κ3) is 4.37. The molecule has 0 saturated heterocycles. The van der Waals surface area contributed by atoms with Gasteiger partial charge in [-0.05, 0) is 29.8 Å². The molecule has 3 N–H and O–H groups in total. The van der Waals surface area contributed by atoms with E-state index in [1.165, 1.54) is 0 Å². The van der Waals surface area contributed by atoms with Crippen LogP contribution in [0.4, 0.5) is 5.69 Å². The van der Waals surface area contributed by atoms with Gasteiger partial charge in [0.1, 0.15) is 5.75 Å². The van der Waals surface area contributed by atoms with E-state index < -0.39 is 0 Å². The minimum atomic E-state index is -0.0944. The lowest BCUT2D eigenvalue weighted by molar-refractivity contribution is -0.116. The second-order valence-electron chi connectivity index (χ2n) is 4.24. The molecule has 0 aliphatic heterocycles. The third-order valence-electron chi connectivity index (χ3n) is 2.68. The third-order valence-corrected chi connectivity index (χ3v) is 2.68. The average molecular weight is 271 g/mol. The Hall–Kier alpha value is -2.40. The van der Waals surface area contributed by atoms with Crippen molar-refractivity contribution >= 4 is 11.6 Å². The molecule has 1 aromatic carbocycles. The van der Waals surface area contributed by atoms with E-state index >= 15 is 0 Å². The molecule has 0 aliphatic rings. The summed E-state index contributed by atoms with van der Waals surface area (Å²) in [6, 6.07) is 11.1. The average Bonchev–Trinajstić information content (AvgIpc) is 2.48. The van der Waals surface area contributed by atoms with Crippen molar-refractivity contribution in [1.29, 1.82) is 0 Å². The fourth-order valence-electron chi connectivity index (χ4n) is 1.69. The van der Waals surface area contributed by atoms with Crippen molar-refractivity contribution in [3.63, 3.8) is 0 Å². The lowest BCUT2D eigenvalue weighted by atomic mass is 10.2. The number of carbonyl (C=O) groups is 1. The van der Waals surface area contributed by atoms with E-state index in [4.69, 9.17) is 10.5 Å². The highest BCUT2D eigenvalue weighted by Crippen LogP contribution is 2.11. The normalized spacial score (nSPS) is 10.1. The summed E-state index contributed by atoms with van der Waals surface area (Å²) in [6.45, 7) is 0.766. The first kappa shape index (κ1) is 14.0. The molecule has 0 bridgehead atoms. The number of pyridine rings is 1. The minimum absolute atomic E-state index is 0.0944. The first-order chi connectivity index (χ1) is 9.78. The molecule has 104 valence electrons. The summed E-state index contributed by atoms with van der Waals surface area (Å²) in [6.07, 6.45) is 3.56. The first-order valence-corrected chi connectivity index (χ1v) is 6.39. The number of nitrogens with zero attached hydrogens (tertiary/aromatic N) is 1. The predicted octanol–water partition coefficient (Wildman–Crippen LogP) is 1.95.